The fraction of sp³-hybridized carbons (Fsp3) is 0.129. The second-order valence-electron chi connectivity index (χ2n) is 20.1. The number of nitrogens with zero attached hydrogens (tertiary/aromatic N) is 5. The zero-order valence-corrected chi connectivity index (χ0v) is 39.3. The number of fused-ring (bicyclic) bond motifs is 7. The second kappa shape index (κ2) is 15.7. The third-order valence-corrected chi connectivity index (χ3v) is 13.6. The molecule has 0 bridgehead atoms. The van der Waals surface area contributed by atoms with Gasteiger partial charge in [0.25, 0.3) is 0 Å². The molecule has 4 aromatic heterocycles. The number of H-pyrrole nitrogens is 1. The Kier molecular flexibility index (Phi) is 9.52. The van der Waals surface area contributed by atoms with E-state index in [1.807, 2.05) is 6.20 Å². The molecule has 6 heteroatoms. The third kappa shape index (κ3) is 6.86. The molecule has 1 N–H and O–H groups in total. The fourth-order valence-electron chi connectivity index (χ4n) is 10.1. The second-order valence-corrected chi connectivity index (χ2v) is 20.1. The maximum absolute atomic E-state index is 5.74. The molecule has 0 saturated carbocycles. The molecule has 8 aromatic carbocycles. The van der Waals surface area contributed by atoms with Gasteiger partial charge in [0.1, 0.15) is 11.5 Å². The molecule has 0 amide bonds. The molecule has 12 aromatic rings. The monoisotopic (exact) mass is 880 g/mol. The molecule has 12 rings (SSSR count). The van der Waals surface area contributed by atoms with Gasteiger partial charge in [-0.05, 0) is 118 Å². The highest BCUT2D eigenvalue weighted by molar-refractivity contribution is 6.16. The highest BCUT2D eigenvalue weighted by Crippen LogP contribution is 2.46. The van der Waals surface area contributed by atoms with Crippen molar-refractivity contribution in [1.29, 1.82) is 0 Å². The number of nitrogens with one attached hydrogen (secondary N) is 1. The van der Waals surface area contributed by atoms with Crippen molar-refractivity contribution < 1.29 is 0 Å². The van der Waals surface area contributed by atoms with Crippen molar-refractivity contribution >= 4 is 71.7 Å². The van der Waals surface area contributed by atoms with E-state index in [0.717, 1.165) is 94.7 Å². The first-order chi connectivity index (χ1) is 33.0. The Balaban J connectivity index is 1.17. The Morgan fingerprint density at radius 3 is 1.87 bits per heavy atom. The molecule has 68 heavy (non-hydrogen) atoms. The molecule has 0 saturated heterocycles. The van der Waals surface area contributed by atoms with Gasteiger partial charge in [-0.15, -0.1) is 0 Å². The molecule has 0 radical (unpaired) electrons. The predicted octanol–water partition coefficient (Wildman–Crippen LogP) is 16.6. The van der Waals surface area contributed by atoms with Crippen LogP contribution < -0.4 is 4.90 Å². The summed E-state index contributed by atoms with van der Waals surface area (Å²) in [5.74, 6) is 0.807. The smallest absolute Gasteiger partial charge is 0.138 e. The average molecular weight is 881 g/mol. The Hall–Kier alpha value is -8.22. The highest BCUT2D eigenvalue weighted by Gasteiger charge is 2.27. The maximum atomic E-state index is 5.74. The van der Waals surface area contributed by atoms with Gasteiger partial charge in [-0.1, -0.05) is 151 Å². The molecule has 0 atom stereocenters. The van der Waals surface area contributed by atoms with Gasteiger partial charge in [-0.25, -0.2) is 9.67 Å². The molecule has 6 nitrogen and oxygen atoms in total. The summed E-state index contributed by atoms with van der Waals surface area (Å²) in [6.07, 6.45) is 1.93. The van der Waals surface area contributed by atoms with Crippen molar-refractivity contribution in [3.8, 4) is 33.8 Å². The zero-order valence-electron chi connectivity index (χ0n) is 39.3. The molecule has 0 spiro atoms. The Labute approximate surface area is 396 Å². The largest absolute Gasteiger partial charge is 0.354 e. The van der Waals surface area contributed by atoms with Crippen LogP contribution in [0.5, 0.6) is 0 Å². The lowest BCUT2D eigenvalue weighted by atomic mass is 9.83. The van der Waals surface area contributed by atoms with E-state index in [2.05, 4.69) is 255 Å². The van der Waals surface area contributed by atoms with Crippen LogP contribution in [0.4, 0.5) is 17.2 Å². The molecule has 0 unspecified atom stereocenters. The third-order valence-electron chi connectivity index (χ3n) is 13.6. The molecule has 0 aliphatic carbocycles. The van der Waals surface area contributed by atoms with Gasteiger partial charge in [0.2, 0.25) is 0 Å². The first kappa shape index (κ1) is 41.2. The standard InChI is InChI=1S/C62H52N6/c1-61(2,3)42-30-31-53-49(35-42)50-36-43(62(4,5)6)37-52(58(50)64-53)59-48-27-17-19-29-55(48)68(65-59)46-38-51-47-26-16-18-28-54(47)67(45-24-14-9-15-25-45)60(51)56(39-46)66(44-22-12-8-13-23-44)57-34-41(32-33-63-57)40-20-10-7-11-21-40/h7-39,64H,1-6H3. The summed E-state index contributed by atoms with van der Waals surface area (Å²) in [6, 6.07) is 69.9. The number of pyridine rings is 1. The van der Waals surface area contributed by atoms with Crippen LogP contribution in [0.15, 0.2) is 200 Å². The van der Waals surface area contributed by atoms with E-state index in [1.165, 1.54) is 21.9 Å². The molecule has 0 aliphatic heterocycles. The van der Waals surface area contributed by atoms with Gasteiger partial charge in [-0.2, -0.15) is 5.10 Å². The highest BCUT2D eigenvalue weighted by atomic mass is 15.3. The van der Waals surface area contributed by atoms with Crippen molar-refractivity contribution in [3.63, 3.8) is 0 Å². The van der Waals surface area contributed by atoms with E-state index in [4.69, 9.17) is 10.1 Å². The van der Waals surface area contributed by atoms with Crippen molar-refractivity contribution in [2.75, 3.05) is 4.90 Å². The molecule has 0 aliphatic rings. The van der Waals surface area contributed by atoms with Gasteiger partial charge >= 0.3 is 0 Å². The predicted molar refractivity (Wildman–Crippen MR) is 286 cm³/mol. The molecule has 0 fully saturated rings. The van der Waals surface area contributed by atoms with E-state index in [1.54, 1.807) is 0 Å². The van der Waals surface area contributed by atoms with E-state index in [9.17, 15) is 0 Å². The molecular formula is C62H52N6. The number of aromatic nitrogens is 5. The van der Waals surface area contributed by atoms with Crippen LogP contribution in [0.2, 0.25) is 0 Å². The lowest BCUT2D eigenvalue weighted by molar-refractivity contribution is 0.590. The van der Waals surface area contributed by atoms with Gasteiger partial charge in [0, 0.05) is 55.6 Å². The Bertz CT molecular complexity index is 3860. The van der Waals surface area contributed by atoms with Gasteiger partial charge in [-0.3, -0.25) is 4.90 Å². The van der Waals surface area contributed by atoms with E-state index in [-0.39, 0.29) is 10.8 Å². The number of rotatable bonds is 7. The van der Waals surface area contributed by atoms with Gasteiger partial charge < -0.3 is 9.55 Å². The topological polar surface area (TPSA) is 54.7 Å². The van der Waals surface area contributed by atoms with Crippen molar-refractivity contribution in [1.82, 2.24) is 24.3 Å². The van der Waals surface area contributed by atoms with E-state index >= 15 is 0 Å². The molecule has 4 heterocycles. The minimum Gasteiger partial charge on any atom is -0.354 e. The quantitative estimate of drug-likeness (QED) is 0.173. The van der Waals surface area contributed by atoms with Crippen molar-refractivity contribution in [2.24, 2.45) is 0 Å². The normalized spacial score (nSPS) is 12.3. The Morgan fingerprint density at radius 1 is 0.485 bits per heavy atom. The van der Waals surface area contributed by atoms with Crippen LogP contribution in [-0.2, 0) is 10.8 Å². The summed E-state index contributed by atoms with van der Waals surface area (Å²) >= 11 is 0. The summed E-state index contributed by atoms with van der Waals surface area (Å²) in [7, 11) is 0. The van der Waals surface area contributed by atoms with Gasteiger partial charge in [0.05, 0.1) is 33.4 Å². The number of anilines is 3. The average Bonchev–Trinajstić information content (AvgIpc) is 4.04. The van der Waals surface area contributed by atoms with Crippen LogP contribution >= 0.6 is 0 Å². The van der Waals surface area contributed by atoms with Crippen molar-refractivity contribution in [2.45, 2.75) is 52.4 Å². The number of aromatic amines is 1. The lowest BCUT2D eigenvalue weighted by Gasteiger charge is -2.27. The summed E-state index contributed by atoms with van der Waals surface area (Å²) in [4.78, 5) is 11.4. The van der Waals surface area contributed by atoms with Crippen molar-refractivity contribution in [3.05, 3.63) is 211 Å². The fourth-order valence-corrected chi connectivity index (χ4v) is 10.1. The van der Waals surface area contributed by atoms with Crippen LogP contribution in [0, 0.1) is 0 Å². The van der Waals surface area contributed by atoms with Crippen LogP contribution in [-0.4, -0.2) is 24.3 Å². The zero-order chi connectivity index (χ0) is 46.3. The SMILES string of the molecule is CC(C)(C)c1ccc2[nH]c3c(-c4nn(-c5cc(N(c6ccccc6)c6cc(-c7ccccc7)ccn6)c6c(c5)c5ccccc5n6-c5ccccc5)c5ccccc45)cc(C(C)(C)C)cc3c2c1. The van der Waals surface area contributed by atoms with E-state index in [0.29, 0.717) is 0 Å². The van der Waals surface area contributed by atoms with E-state index < -0.39 is 0 Å². The summed E-state index contributed by atoms with van der Waals surface area (Å²) in [6.45, 7) is 13.8. The molecular weight excluding hydrogens is 829 g/mol. The summed E-state index contributed by atoms with van der Waals surface area (Å²) < 4.78 is 4.57. The lowest BCUT2D eigenvalue weighted by Crippen LogP contribution is -2.14. The number of hydrogen-bond acceptors (Lipinski definition) is 3. The first-order valence-electron chi connectivity index (χ1n) is 23.6. The summed E-state index contributed by atoms with van der Waals surface area (Å²) in [5, 5.41) is 11.5. The number of hydrogen-bond donors (Lipinski definition) is 1. The minimum absolute atomic E-state index is 0.0153. The number of benzene rings is 8. The maximum Gasteiger partial charge on any atom is 0.138 e. The first-order valence-corrected chi connectivity index (χ1v) is 23.6. The van der Waals surface area contributed by atoms with Gasteiger partial charge in [0.15, 0.2) is 0 Å². The summed E-state index contributed by atoms with van der Waals surface area (Å²) in [5.41, 5.74) is 16.2. The molecule has 330 valence electrons. The minimum atomic E-state index is -0.105. The Morgan fingerprint density at radius 2 is 1.13 bits per heavy atom. The number of para-hydroxylation sites is 4. The van der Waals surface area contributed by atoms with Crippen LogP contribution in [0.1, 0.15) is 52.7 Å². The van der Waals surface area contributed by atoms with Crippen LogP contribution in [0.25, 0.3) is 88.3 Å². The van der Waals surface area contributed by atoms with Crippen LogP contribution in [0.3, 0.4) is 0 Å².